The van der Waals surface area contributed by atoms with Crippen molar-refractivity contribution in [3.63, 3.8) is 0 Å². The molecule has 1 N–H and O–H groups in total. The summed E-state index contributed by atoms with van der Waals surface area (Å²) in [5.41, 5.74) is 5.40. The Morgan fingerprint density at radius 3 is 2.73 bits per heavy atom. The molecule has 1 amide bonds. The van der Waals surface area contributed by atoms with Crippen LogP contribution < -0.4 is 5.43 Å². The zero-order chi connectivity index (χ0) is 18.5. The van der Waals surface area contributed by atoms with Gasteiger partial charge in [0.25, 0.3) is 5.91 Å². The SMILES string of the molecule is CCCOC(=O)c1oc2c(c1C)/C(=N/NC(=O)c1ccccc1)CCC2. The molecule has 26 heavy (non-hydrogen) atoms. The molecule has 0 spiro atoms. The lowest BCUT2D eigenvalue weighted by atomic mass is 9.93. The Labute approximate surface area is 152 Å². The maximum atomic E-state index is 12.2. The summed E-state index contributed by atoms with van der Waals surface area (Å²) in [6.45, 7) is 4.12. The number of carbonyl (C=O) groups excluding carboxylic acids is 2. The van der Waals surface area contributed by atoms with Gasteiger partial charge in [-0.2, -0.15) is 5.10 Å². The first-order valence-electron chi connectivity index (χ1n) is 8.83. The van der Waals surface area contributed by atoms with Gasteiger partial charge in [-0.25, -0.2) is 10.2 Å². The Hall–Kier alpha value is -2.89. The number of esters is 1. The lowest BCUT2D eigenvalue weighted by molar-refractivity contribution is 0.0465. The molecule has 0 aliphatic heterocycles. The molecule has 1 aliphatic carbocycles. The lowest BCUT2D eigenvalue weighted by Crippen LogP contribution is -2.22. The van der Waals surface area contributed by atoms with E-state index in [-0.39, 0.29) is 11.7 Å². The van der Waals surface area contributed by atoms with Crippen LogP contribution in [0.2, 0.25) is 0 Å². The highest BCUT2D eigenvalue weighted by atomic mass is 16.5. The Morgan fingerprint density at radius 2 is 2.00 bits per heavy atom. The van der Waals surface area contributed by atoms with Crippen LogP contribution in [-0.2, 0) is 11.2 Å². The van der Waals surface area contributed by atoms with Crippen LogP contribution in [0.25, 0.3) is 0 Å². The Balaban J connectivity index is 1.83. The molecule has 136 valence electrons. The van der Waals surface area contributed by atoms with Crippen molar-refractivity contribution in [2.45, 2.75) is 39.5 Å². The Bertz CT molecular complexity index is 837. The summed E-state index contributed by atoms with van der Waals surface area (Å²) < 4.78 is 10.9. The monoisotopic (exact) mass is 354 g/mol. The van der Waals surface area contributed by atoms with Gasteiger partial charge in [-0.05, 0) is 38.3 Å². The fourth-order valence-electron chi connectivity index (χ4n) is 3.01. The van der Waals surface area contributed by atoms with E-state index in [1.165, 1.54) is 0 Å². The second-order valence-corrected chi connectivity index (χ2v) is 6.21. The van der Waals surface area contributed by atoms with E-state index in [1.54, 1.807) is 24.3 Å². The predicted octanol–water partition coefficient (Wildman–Crippen LogP) is 3.63. The third-order valence-electron chi connectivity index (χ3n) is 4.28. The number of nitrogens with one attached hydrogen (secondary N) is 1. The van der Waals surface area contributed by atoms with Crippen molar-refractivity contribution in [1.82, 2.24) is 5.43 Å². The van der Waals surface area contributed by atoms with Crippen LogP contribution in [0, 0.1) is 6.92 Å². The topological polar surface area (TPSA) is 80.9 Å². The quantitative estimate of drug-likeness (QED) is 0.657. The van der Waals surface area contributed by atoms with Crippen LogP contribution in [0.15, 0.2) is 39.9 Å². The number of rotatable bonds is 5. The summed E-state index contributed by atoms with van der Waals surface area (Å²) in [4.78, 5) is 24.4. The minimum absolute atomic E-state index is 0.229. The van der Waals surface area contributed by atoms with E-state index in [0.717, 1.165) is 36.3 Å². The smallest absolute Gasteiger partial charge is 0.374 e. The van der Waals surface area contributed by atoms with Gasteiger partial charge in [0.15, 0.2) is 0 Å². The number of benzene rings is 1. The predicted molar refractivity (Wildman–Crippen MR) is 97.4 cm³/mol. The van der Waals surface area contributed by atoms with Crippen LogP contribution in [0.3, 0.4) is 0 Å². The van der Waals surface area contributed by atoms with Crippen LogP contribution >= 0.6 is 0 Å². The van der Waals surface area contributed by atoms with Crippen molar-refractivity contribution in [2.24, 2.45) is 5.10 Å². The van der Waals surface area contributed by atoms with E-state index in [9.17, 15) is 9.59 Å². The second-order valence-electron chi connectivity index (χ2n) is 6.21. The van der Waals surface area contributed by atoms with Crippen molar-refractivity contribution in [1.29, 1.82) is 0 Å². The number of amides is 1. The molecule has 2 aromatic rings. The molecule has 3 rings (SSSR count). The molecule has 0 unspecified atom stereocenters. The van der Waals surface area contributed by atoms with Crippen LogP contribution in [0.4, 0.5) is 0 Å². The number of hydrazone groups is 1. The molecular formula is C20H22N2O4. The number of fused-ring (bicyclic) bond motifs is 1. The van der Waals surface area contributed by atoms with E-state index in [0.29, 0.717) is 24.2 Å². The number of carbonyl (C=O) groups is 2. The van der Waals surface area contributed by atoms with Crippen molar-refractivity contribution >= 4 is 17.6 Å². The molecule has 1 aromatic heterocycles. The van der Waals surface area contributed by atoms with Crippen molar-refractivity contribution in [3.05, 3.63) is 58.5 Å². The molecule has 0 radical (unpaired) electrons. The van der Waals surface area contributed by atoms with Crippen molar-refractivity contribution in [2.75, 3.05) is 6.61 Å². The maximum absolute atomic E-state index is 12.2. The average molecular weight is 354 g/mol. The molecule has 0 saturated carbocycles. The molecule has 0 saturated heterocycles. The van der Waals surface area contributed by atoms with Crippen molar-refractivity contribution < 1.29 is 18.7 Å². The highest BCUT2D eigenvalue weighted by molar-refractivity contribution is 6.06. The zero-order valence-electron chi connectivity index (χ0n) is 15.0. The lowest BCUT2D eigenvalue weighted by Gasteiger charge is -2.13. The van der Waals surface area contributed by atoms with Gasteiger partial charge in [-0.1, -0.05) is 25.1 Å². The van der Waals surface area contributed by atoms with Crippen LogP contribution in [-0.4, -0.2) is 24.2 Å². The van der Waals surface area contributed by atoms with Crippen molar-refractivity contribution in [3.8, 4) is 0 Å². The largest absolute Gasteiger partial charge is 0.460 e. The van der Waals surface area contributed by atoms with Gasteiger partial charge < -0.3 is 9.15 Å². The summed E-state index contributed by atoms with van der Waals surface area (Å²) >= 11 is 0. The third kappa shape index (κ3) is 3.69. The molecule has 6 nitrogen and oxygen atoms in total. The fraction of sp³-hybridized carbons (Fsp3) is 0.350. The first-order valence-corrected chi connectivity index (χ1v) is 8.83. The Morgan fingerprint density at radius 1 is 1.23 bits per heavy atom. The minimum atomic E-state index is -0.452. The summed E-state index contributed by atoms with van der Waals surface area (Å²) in [5.74, 6) is 0.234. The van der Waals surface area contributed by atoms with E-state index < -0.39 is 5.97 Å². The van der Waals surface area contributed by atoms with E-state index >= 15 is 0 Å². The summed E-state index contributed by atoms with van der Waals surface area (Å²) in [6.07, 6.45) is 3.06. The van der Waals surface area contributed by atoms with Crippen LogP contribution in [0.1, 0.15) is 64.0 Å². The van der Waals surface area contributed by atoms with Crippen LogP contribution in [0.5, 0.6) is 0 Å². The average Bonchev–Trinajstić information content (AvgIpc) is 3.02. The summed E-state index contributed by atoms with van der Waals surface area (Å²) in [5, 5.41) is 4.30. The number of ether oxygens (including phenoxy) is 1. The van der Waals surface area contributed by atoms with E-state index in [4.69, 9.17) is 9.15 Å². The number of hydrogen-bond acceptors (Lipinski definition) is 5. The van der Waals surface area contributed by atoms with Gasteiger partial charge in [0.1, 0.15) is 5.76 Å². The van der Waals surface area contributed by atoms with Gasteiger partial charge in [0.05, 0.1) is 12.3 Å². The summed E-state index contributed by atoms with van der Waals surface area (Å²) in [6, 6.07) is 8.91. The maximum Gasteiger partial charge on any atom is 0.374 e. The fourth-order valence-corrected chi connectivity index (χ4v) is 3.01. The second kappa shape index (κ2) is 7.99. The van der Waals surface area contributed by atoms with Gasteiger partial charge in [0.2, 0.25) is 5.76 Å². The molecule has 1 heterocycles. The molecule has 0 fully saturated rings. The van der Waals surface area contributed by atoms with Gasteiger partial charge in [0, 0.05) is 23.1 Å². The van der Waals surface area contributed by atoms with E-state index in [2.05, 4.69) is 10.5 Å². The molecular weight excluding hydrogens is 332 g/mol. The number of nitrogens with zero attached hydrogens (tertiary/aromatic N) is 1. The first-order chi connectivity index (χ1) is 12.6. The van der Waals surface area contributed by atoms with Gasteiger partial charge in [-0.3, -0.25) is 4.79 Å². The highest BCUT2D eigenvalue weighted by Crippen LogP contribution is 2.30. The molecule has 0 bridgehead atoms. The number of aryl methyl sites for hydroxylation is 1. The molecule has 1 aromatic carbocycles. The minimum Gasteiger partial charge on any atom is -0.460 e. The first kappa shape index (κ1) is 17.9. The zero-order valence-corrected chi connectivity index (χ0v) is 15.0. The van der Waals surface area contributed by atoms with E-state index in [1.807, 2.05) is 19.9 Å². The normalized spacial score (nSPS) is 14.8. The standard InChI is InChI=1S/C20H22N2O4/c1-3-12-25-20(24)18-13(2)17-15(10-7-11-16(17)26-18)21-22-19(23)14-8-5-4-6-9-14/h4-6,8-9H,3,7,10-12H2,1-2H3,(H,22,23)/b21-15+. The number of furan rings is 1. The molecule has 6 heteroatoms. The number of hydrogen-bond donors (Lipinski definition) is 1. The van der Waals surface area contributed by atoms with Gasteiger partial charge >= 0.3 is 5.97 Å². The summed E-state index contributed by atoms with van der Waals surface area (Å²) in [7, 11) is 0. The molecule has 0 atom stereocenters. The van der Waals surface area contributed by atoms with Gasteiger partial charge in [-0.15, -0.1) is 0 Å². The molecule has 1 aliphatic rings. The third-order valence-corrected chi connectivity index (χ3v) is 4.28. The highest BCUT2D eigenvalue weighted by Gasteiger charge is 2.28. The Kier molecular flexibility index (Phi) is 5.51.